The van der Waals surface area contributed by atoms with Gasteiger partial charge in [-0.3, -0.25) is 0 Å². The molecular formula is C24H26N4OS. The molecule has 0 aliphatic heterocycles. The maximum Gasteiger partial charge on any atom is 0.154 e. The molecular weight excluding hydrogens is 392 g/mol. The van der Waals surface area contributed by atoms with Gasteiger partial charge in [0.1, 0.15) is 11.3 Å². The second kappa shape index (κ2) is 9.32. The molecule has 0 amide bonds. The number of thioether (sulfide) groups is 1. The number of anilines is 1. The largest absolute Gasteiger partial charge is 0.394 e. The van der Waals surface area contributed by atoms with E-state index < -0.39 is 0 Å². The van der Waals surface area contributed by atoms with Crippen molar-refractivity contribution in [1.29, 1.82) is 0 Å². The number of benzene rings is 2. The van der Waals surface area contributed by atoms with Crippen LogP contribution in [0.5, 0.6) is 0 Å². The molecule has 2 atom stereocenters. The number of aliphatic hydroxyl groups is 1. The second-order valence-corrected chi connectivity index (χ2v) is 8.73. The zero-order valence-electron chi connectivity index (χ0n) is 17.2. The molecule has 0 fully saturated rings. The van der Waals surface area contributed by atoms with Gasteiger partial charge in [0.2, 0.25) is 0 Å². The van der Waals surface area contributed by atoms with Crippen LogP contribution in [-0.2, 0) is 5.75 Å². The molecule has 30 heavy (non-hydrogen) atoms. The molecule has 0 bridgehead atoms. The summed E-state index contributed by atoms with van der Waals surface area (Å²) in [5, 5.41) is 13.7. The van der Waals surface area contributed by atoms with Crippen LogP contribution in [0.25, 0.3) is 22.3 Å². The Labute approximate surface area is 181 Å². The summed E-state index contributed by atoms with van der Waals surface area (Å²) in [7, 11) is 0. The SMILES string of the molecule is Cc1nc(NC(CO)C(C)SCc2ccccc2)c2[nH]c(-c3ccccc3)cc2n1. The summed E-state index contributed by atoms with van der Waals surface area (Å²) in [6, 6.07) is 22.5. The molecule has 0 aliphatic rings. The maximum absolute atomic E-state index is 10.1. The highest BCUT2D eigenvalue weighted by molar-refractivity contribution is 7.99. The molecule has 4 rings (SSSR count). The first-order valence-electron chi connectivity index (χ1n) is 10.1. The smallest absolute Gasteiger partial charge is 0.154 e. The quantitative estimate of drug-likeness (QED) is 0.374. The van der Waals surface area contributed by atoms with Crippen LogP contribution in [0, 0.1) is 6.92 Å². The van der Waals surface area contributed by atoms with Crippen LogP contribution < -0.4 is 5.32 Å². The number of H-pyrrole nitrogens is 1. The number of aryl methyl sites for hydroxylation is 1. The van der Waals surface area contributed by atoms with Crippen molar-refractivity contribution in [2.24, 2.45) is 0 Å². The van der Waals surface area contributed by atoms with Gasteiger partial charge in [0.05, 0.1) is 18.2 Å². The fourth-order valence-electron chi connectivity index (χ4n) is 3.41. The van der Waals surface area contributed by atoms with Gasteiger partial charge in [-0.25, -0.2) is 9.97 Å². The molecule has 0 saturated heterocycles. The van der Waals surface area contributed by atoms with E-state index in [-0.39, 0.29) is 17.9 Å². The minimum Gasteiger partial charge on any atom is -0.394 e. The minimum absolute atomic E-state index is 0.0275. The highest BCUT2D eigenvalue weighted by atomic mass is 32.2. The summed E-state index contributed by atoms with van der Waals surface area (Å²) in [5.41, 5.74) is 5.11. The van der Waals surface area contributed by atoms with Crippen molar-refractivity contribution < 1.29 is 5.11 Å². The van der Waals surface area contributed by atoms with Gasteiger partial charge in [0.25, 0.3) is 0 Å². The van der Waals surface area contributed by atoms with Gasteiger partial charge in [-0.15, -0.1) is 0 Å². The van der Waals surface area contributed by atoms with E-state index in [0.717, 1.165) is 33.9 Å². The molecule has 2 unspecified atom stereocenters. The molecule has 3 N–H and O–H groups in total. The number of hydrogen-bond donors (Lipinski definition) is 3. The Balaban J connectivity index is 1.56. The number of aromatic nitrogens is 3. The van der Waals surface area contributed by atoms with E-state index in [4.69, 9.17) is 0 Å². The van der Waals surface area contributed by atoms with Crippen LogP contribution in [0.4, 0.5) is 5.82 Å². The lowest BCUT2D eigenvalue weighted by molar-refractivity contribution is 0.274. The molecule has 5 nitrogen and oxygen atoms in total. The predicted molar refractivity (Wildman–Crippen MR) is 126 cm³/mol. The van der Waals surface area contributed by atoms with Crippen molar-refractivity contribution in [1.82, 2.24) is 15.0 Å². The Morgan fingerprint density at radius 2 is 1.73 bits per heavy atom. The molecule has 2 heterocycles. The van der Waals surface area contributed by atoms with Crippen LogP contribution in [-0.4, -0.2) is 38.0 Å². The van der Waals surface area contributed by atoms with Gasteiger partial charge < -0.3 is 15.4 Å². The summed E-state index contributed by atoms with van der Waals surface area (Å²) in [5.74, 6) is 2.33. The van der Waals surface area contributed by atoms with Crippen molar-refractivity contribution in [3.8, 4) is 11.3 Å². The number of nitrogens with one attached hydrogen (secondary N) is 2. The number of fused-ring (bicyclic) bond motifs is 1. The third kappa shape index (κ3) is 4.66. The number of aromatic amines is 1. The van der Waals surface area contributed by atoms with Crippen LogP contribution in [0.15, 0.2) is 66.7 Å². The fourth-order valence-corrected chi connectivity index (χ4v) is 4.45. The van der Waals surface area contributed by atoms with Gasteiger partial charge in [0, 0.05) is 16.7 Å². The van der Waals surface area contributed by atoms with Crippen LogP contribution in [0.1, 0.15) is 18.3 Å². The van der Waals surface area contributed by atoms with E-state index in [1.54, 1.807) is 0 Å². The van der Waals surface area contributed by atoms with Crippen molar-refractivity contribution in [3.05, 3.63) is 78.1 Å². The third-order valence-electron chi connectivity index (χ3n) is 5.12. The van der Waals surface area contributed by atoms with Crippen LogP contribution in [0.3, 0.4) is 0 Å². The lowest BCUT2D eigenvalue weighted by Gasteiger charge is -2.24. The van der Waals surface area contributed by atoms with E-state index in [0.29, 0.717) is 5.82 Å². The van der Waals surface area contributed by atoms with E-state index in [9.17, 15) is 5.11 Å². The molecule has 0 aliphatic carbocycles. The van der Waals surface area contributed by atoms with Gasteiger partial charge in [-0.2, -0.15) is 11.8 Å². The van der Waals surface area contributed by atoms with E-state index >= 15 is 0 Å². The topological polar surface area (TPSA) is 73.8 Å². The Bertz CT molecular complexity index is 1100. The van der Waals surface area contributed by atoms with E-state index in [1.165, 1.54) is 5.56 Å². The van der Waals surface area contributed by atoms with Gasteiger partial charge >= 0.3 is 0 Å². The summed E-state index contributed by atoms with van der Waals surface area (Å²) in [6.45, 7) is 4.05. The van der Waals surface area contributed by atoms with Crippen molar-refractivity contribution in [2.75, 3.05) is 11.9 Å². The highest BCUT2D eigenvalue weighted by Crippen LogP contribution is 2.28. The first kappa shape index (κ1) is 20.4. The average Bonchev–Trinajstić information content (AvgIpc) is 3.21. The highest BCUT2D eigenvalue weighted by Gasteiger charge is 2.20. The Hall–Kier alpha value is -2.83. The molecule has 4 aromatic rings. The van der Waals surface area contributed by atoms with Gasteiger partial charge in [-0.1, -0.05) is 67.6 Å². The lowest BCUT2D eigenvalue weighted by Crippen LogP contribution is -2.33. The predicted octanol–water partition coefficient (Wildman–Crippen LogP) is 5.03. The van der Waals surface area contributed by atoms with Gasteiger partial charge in [0.15, 0.2) is 5.82 Å². The van der Waals surface area contributed by atoms with E-state index in [2.05, 4.69) is 63.6 Å². The number of rotatable bonds is 8. The normalized spacial score (nSPS) is 13.3. The molecule has 154 valence electrons. The zero-order valence-corrected chi connectivity index (χ0v) is 18.0. The van der Waals surface area contributed by atoms with Crippen LogP contribution in [0.2, 0.25) is 0 Å². The first-order valence-corrected chi connectivity index (χ1v) is 11.1. The zero-order chi connectivity index (χ0) is 20.9. The average molecular weight is 419 g/mol. The van der Waals surface area contributed by atoms with Crippen molar-refractivity contribution in [3.63, 3.8) is 0 Å². The minimum atomic E-state index is -0.125. The number of nitrogens with zero attached hydrogens (tertiary/aromatic N) is 2. The molecule has 0 spiro atoms. The Morgan fingerprint density at radius 1 is 1.03 bits per heavy atom. The lowest BCUT2D eigenvalue weighted by atomic mass is 10.2. The summed E-state index contributed by atoms with van der Waals surface area (Å²) in [6.07, 6.45) is 0. The Kier molecular flexibility index (Phi) is 6.35. The van der Waals surface area contributed by atoms with E-state index in [1.807, 2.05) is 49.0 Å². The van der Waals surface area contributed by atoms with Gasteiger partial charge in [-0.05, 0) is 24.1 Å². The summed E-state index contributed by atoms with van der Waals surface area (Å²) in [4.78, 5) is 12.7. The maximum atomic E-state index is 10.1. The van der Waals surface area contributed by atoms with Crippen molar-refractivity contribution >= 4 is 28.6 Å². The molecule has 6 heteroatoms. The molecule has 2 aromatic carbocycles. The summed E-state index contributed by atoms with van der Waals surface area (Å²) >= 11 is 1.82. The Morgan fingerprint density at radius 3 is 2.43 bits per heavy atom. The standard InChI is InChI=1S/C24H26N4OS/c1-16(30-15-18-9-5-3-6-10-18)22(14-29)28-24-23-21(25-17(2)26-24)13-20(27-23)19-11-7-4-8-12-19/h3-13,16,22,27,29H,14-15H2,1-2H3,(H,25,26,28). The third-order valence-corrected chi connectivity index (χ3v) is 6.47. The molecule has 0 radical (unpaired) electrons. The summed E-state index contributed by atoms with van der Waals surface area (Å²) < 4.78 is 0. The molecule has 0 saturated carbocycles. The monoisotopic (exact) mass is 418 g/mol. The fraction of sp³-hybridized carbons (Fsp3) is 0.250. The number of hydrogen-bond acceptors (Lipinski definition) is 5. The second-order valence-electron chi connectivity index (χ2n) is 7.36. The number of aliphatic hydroxyl groups excluding tert-OH is 1. The molecule has 2 aromatic heterocycles. The first-order chi connectivity index (χ1) is 14.6. The van der Waals surface area contributed by atoms with Crippen molar-refractivity contribution in [2.45, 2.75) is 30.9 Å². The van der Waals surface area contributed by atoms with Crippen LogP contribution >= 0.6 is 11.8 Å².